The van der Waals surface area contributed by atoms with Crippen molar-refractivity contribution in [2.75, 3.05) is 46.9 Å². The first kappa shape index (κ1) is 17.6. The summed E-state index contributed by atoms with van der Waals surface area (Å²) in [5.41, 5.74) is 0.514. The maximum absolute atomic E-state index is 13.0. The third-order valence-corrected chi connectivity index (χ3v) is 6.07. The molecule has 0 spiro atoms. The number of aromatic nitrogens is 2. The smallest absolute Gasteiger partial charge is 0.308 e. The molecule has 10 heteroatoms. The molecule has 0 unspecified atom stereocenters. The lowest BCUT2D eigenvalue weighted by Gasteiger charge is -2.34. The fraction of sp³-hybridized carbons (Fsp3) is 0.467. The van der Waals surface area contributed by atoms with Gasteiger partial charge in [-0.15, -0.1) is 0 Å². The van der Waals surface area contributed by atoms with Gasteiger partial charge in [-0.25, -0.2) is 8.96 Å². The van der Waals surface area contributed by atoms with Crippen LogP contribution >= 0.6 is 0 Å². The molecule has 0 atom stereocenters. The van der Waals surface area contributed by atoms with Gasteiger partial charge in [0.25, 0.3) is 0 Å². The molecule has 9 nitrogen and oxygen atoms in total. The van der Waals surface area contributed by atoms with Gasteiger partial charge in [-0.3, -0.25) is 4.79 Å². The van der Waals surface area contributed by atoms with E-state index in [2.05, 4.69) is 10.3 Å². The van der Waals surface area contributed by atoms with E-state index in [1.54, 1.807) is 24.1 Å². The number of carbonyl (C=O) groups is 1. The first-order valence-electron chi connectivity index (χ1n) is 7.92. The fourth-order valence-electron chi connectivity index (χ4n) is 2.94. The highest BCUT2D eigenvalue weighted by Gasteiger charge is 2.30. The molecule has 2 aromatic rings. The summed E-state index contributed by atoms with van der Waals surface area (Å²) in [4.78, 5) is 17.7. The number of methoxy groups -OCH3 is 1. The maximum atomic E-state index is 13.0. The van der Waals surface area contributed by atoms with Crippen LogP contribution in [0, 0.1) is 0 Å². The van der Waals surface area contributed by atoms with E-state index in [-0.39, 0.29) is 25.5 Å². The highest BCUT2D eigenvalue weighted by Crippen LogP contribution is 2.26. The summed E-state index contributed by atoms with van der Waals surface area (Å²) in [5.74, 6) is 0.357. The topological polar surface area (TPSA) is 96.8 Å². The number of rotatable bonds is 5. The Kier molecular flexibility index (Phi) is 4.93. The van der Waals surface area contributed by atoms with Gasteiger partial charge in [0.15, 0.2) is 0 Å². The second-order valence-corrected chi connectivity index (χ2v) is 7.49. The molecule has 0 aliphatic carbocycles. The van der Waals surface area contributed by atoms with Crippen LogP contribution in [0.5, 0.6) is 5.88 Å². The number of likely N-dealkylation sites (N-methyl/N-ethyl adjacent to an activating group) is 1. The number of fused-ring (bicyclic) bond motifs is 1. The lowest BCUT2D eigenvalue weighted by molar-refractivity contribution is -0.131. The Balaban J connectivity index is 1.83. The van der Waals surface area contributed by atoms with Gasteiger partial charge in [0.1, 0.15) is 0 Å². The molecule has 0 aromatic carbocycles. The van der Waals surface area contributed by atoms with Crippen molar-refractivity contribution in [2.24, 2.45) is 0 Å². The minimum Gasteiger partial charge on any atom is -0.481 e. The third kappa shape index (κ3) is 3.20. The van der Waals surface area contributed by atoms with Crippen LogP contribution in [-0.2, 0) is 15.0 Å². The van der Waals surface area contributed by atoms with Crippen molar-refractivity contribution in [2.45, 2.75) is 0 Å². The SMILES string of the molecule is CNCC(=O)N1CCN(S(=O)(=O)n2ccc3c(OC)nccc32)CC1. The molecule has 136 valence electrons. The Morgan fingerprint density at radius 2 is 2.00 bits per heavy atom. The van der Waals surface area contributed by atoms with Crippen molar-refractivity contribution in [3.05, 3.63) is 24.5 Å². The zero-order valence-electron chi connectivity index (χ0n) is 14.2. The Morgan fingerprint density at radius 3 is 2.64 bits per heavy atom. The van der Waals surface area contributed by atoms with Crippen molar-refractivity contribution in [1.82, 2.24) is 23.5 Å². The normalized spacial score (nSPS) is 16.3. The second-order valence-electron chi connectivity index (χ2n) is 5.68. The summed E-state index contributed by atoms with van der Waals surface area (Å²) in [6.45, 7) is 1.54. The number of amides is 1. The molecule has 1 fully saturated rings. The van der Waals surface area contributed by atoms with Gasteiger partial charge in [-0.1, -0.05) is 0 Å². The monoisotopic (exact) mass is 367 g/mol. The molecule has 0 saturated carbocycles. The van der Waals surface area contributed by atoms with Crippen molar-refractivity contribution in [3.63, 3.8) is 0 Å². The van der Waals surface area contributed by atoms with E-state index in [4.69, 9.17) is 4.74 Å². The zero-order chi connectivity index (χ0) is 18.0. The minimum absolute atomic E-state index is 0.0261. The number of pyridine rings is 1. The van der Waals surface area contributed by atoms with Gasteiger partial charge in [0, 0.05) is 38.6 Å². The summed E-state index contributed by atoms with van der Waals surface area (Å²) >= 11 is 0. The number of nitrogens with one attached hydrogen (secondary N) is 1. The number of piperazine rings is 1. The van der Waals surface area contributed by atoms with Crippen molar-refractivity contribution >= 4 is 27.0 Å². The maximum Gasteiger partial charge on any atom is 0.308 e. The number of nitrogens with zero attached hydrogens (tertiary/aromatic N) is 4. The average Bonchev–Trinajstić information content (AvgIpc) is 3.07. The van der Waals surface area contributed by atoms with Crippen LogP contribution < -0.4 is 10.1 Å². The van der Waals surface area contributed by atoms with Crippen LogP contribution in [0.15, 0.2) is 24.5 Å². The van der Waals surface area contributed by atoms with Gasteiger partial charge in [0.05, 0.1) is 24.6 Å². The standard InChI is InChI=1S/C15H21N5O4S/c1-16-11-14(21)18-7-9-19(10-8-18)25(22,23)20-6-4-12-13(20)3-5-17-15(12)24-2/h3-6,16H,7-11H2,1-2H3. The largest absolute Gasteiger partial charge is 0.481 e. The number of carbonyl (C=O) groups excluding carboxylic acids is 1. The lowest BCUT2D eigenvalue weighted by Crippen LogP contribution is -2.53. The third-order valence-electron chi connectivity index (χ3n) is 4.23. The lowest BCUT2D eigenvalue weighted by atomic mass is 10.3. The van der Waals surface area contributed by atoms with Crippen LogP contribution in [0.25, 0.3) is 10.9 Å². The Morgan fingerprint density at radius 1 is 1.28 bits per heavy atom. The van der Waals surface area contributed by atoms with E-state index in [1.165, 1.54) is 27.8 Å². The van der Waals surface area contributed by atoms with E-state index in [0.29, 0.717) is 29.9 Å². The second kappa shape index (κ2) is 6.98. The van der Waals surface area contributed by atoms with Crippen LogP contribution in [-0.4, -0.2) is 79.4 Å². The van der Waals surface area contributed by atoms with Gasteiger partial charge < -0.3 is 15.0 Å². The Labute approximate surface area is 146 Å². The highest BCUT2D eigenvalue weighted by atomic mass is 32.2. The molecule has 0 radical (unpaired) electrons. The van der Waals surface area contributed by atoms with E-state index in [9.17, 15) is 13.2 Å². The molecule has 2 aromatic heterocycles. The number of ether oxygens (including phenoxy) is 1. The zero-order valence-corrected chi connectivity index (χ0v) is 15.0. The first-order chi connectivity index (χ1) is 12.0. The molecule has 1 saturated heterocycles. The summed E-state index contributed by atoms with van der Waals surface area (Å²) < 4.78 is 33.8. The van der Waals surface area contributed by atoms with Crippen molar-refractivity contribution in [1.29, 1.82) is 0 Å². The minimum atomic E-state index is -3.72. The molecule has 1 aliphatic rings. The highest BCUT2D eigenvalue weighted by molar-refractivity contribution is 7.87. The van der Waals surface area contributed by atoms with E-state index in [1.807, 2.05) is 0 Å². The molecule has 3 rings (SSSR count). The molecule has 1 amide bonds. The molecule has 1 aliphatic heterocycles. The van der Waals surface area contributed by atoms with Crippen LogP contribution in [0.4, 0.5) is 0 Å². The van der Waals surface area contributed by atoms with Gasteiger partial charge >= 0.3 is 10.2 Å². The summed E-state index contributed by atoms with van der Waals surface area (Å²) in [6.07, 6.45) is 3.02. The van der Waals surface area contributed by atoms with E-state index >= 15 is 0 Å². The molecule has 1 N–H and O–H groups in total. The van der Waals surface area contributed by atoms with Crippen molar-refractivity contribution in [3.8, 4) is 5.88 Å². The quantitative estimate of drug-likeness (QED) is 0.765. The van der Waals surface area contributed by atoms with Gasteiger partial charge in [-0.05, 0) is 19.2 Å². The van der Waals surface area contributed by atoms with Crippen molar-refractivity contribution < 1.29 is 17.9 Å². The molecular weight excluding hydrogens is 346 g/mol. The van der Waals surface area contributed by atoms with Crippen LogP contribution in [0.2, 0.25) is 0 Å². The van der Waals surface area contributed by atoms with Gasteiger partial charge in [0.2, 0.25) is 11.8 Å². The van der Waals surface area contributed by atoms with Crippen LogP contribution in [0.3, 0.4) is 0 Å². The van der Waals surface area contributed by atoms with Crippen LogP contribution in [0.1, 0.15) is 0 Å². The van der Waals surface area contributed by atoms with E-state index in [0.717, 1.165) is 0 Å². The first-order valence-corrected chi connectivity index (χ1v) is 9.32. The summed E-state index contributed by atoms with van der Waals surface area (Å²) in [5, 5.41) is 3.45. The summed E-state index contributed by atoms with van der Waals surface area (Å²) in [6, 6.07) is 3.31. The number of hydrogen-bond acceptors (Lipinski definition) is 6. The van der Waals surface area contributed by atoms with Gasteiger partial charge in [-0.2, -0.15) is 12.7 Å². The van der Waals surface area contributed by atoms with E-state index < -0.39 is 10.2 Å². The molecule has 0 bridgehead atoms. The predicted molar refractivity (Wildman–Crippen MR) is 92.7 cm³/mol. The predicted octanol–water partition coefficient (Wildman–Crippen LogP) is -0.499. The Bertz CT molecular complexity index is 871. The summed E-state index contributed by atoms with van der Waals surface area (Å²) in [7, 11) is -0.516. The molecule has 3 heterocycles. The fourth-order valence-corrected chi connectivity index (χ4v) is 4.43. The number of hydrogen-bond donors (Lipinski definition) is 1. The molecule has 25 heavy (non-hydrogen) atoms. The molecular formula is C15H21N5O4S. The average molecular weight is 367 g/mol. The Hall–Kier alpha value is -2.17.